The zero-order valence-electron chi connectivity index (χ0n) is 17.6. The summed E-state index contributed by atoms with van der Waals surface area (Å²) in [6.07, 6.45) is 6.89. The molecule has 1 aliphatic rings. The minimum absolute atomic E-state index is 0.271. The molecule has 1 aliphatic heterocycles. The Balaban J connectivity index is 1.82. The molecule has 1 aromatic heterocycles. The van der Waals surface area contributed by atoms with E-state index < -0.39 is 0 Å². The average molecular weight is 379 g/mol. The molecule has 0 aliphatic carbocycles. The smallest absolute Gasteiger partial charge is 0.191 e. The molecule has 27 heavy (non-hydrogen) atoms. The van der Waals surface area contributed by atoms with E-state index in [4.69, 9.17) is 9.73 Å². The Hall–Kier alpha value is -1.63. The van der Waals surface area contributed by atoms with E-state index in [1.807, 2.05) is 0 Å². The zero-order valence-corrected chi connectivity index (χ0v) is 17.6. The Morgan fingerprint density at radius 1 is 1.19 bits per heavy atom. The first-order chi connectivity index (χ1) is 13.2. The van der Waals surface area contributed by atoms with Crippen LogP contribution in [0.25, 0.3) is 0 Å². The maximum atomic E-state index is 5.81. The number of fused-ring (bicyclic) bond motifs is 1. The van der Waals surface area contributed by atoms with Crippen LogP contribution in [0.1, 0.15) is 65.0 Å². The number of hydrogen-bond acceptors (Lipinski definition) is 4. The van der Waals surface area contributed by atoms with Crippen molar-refractivity contribution in [3.8, 4) is 0 Å². The van der Waals surface area contributed by atoms with Gasteiger partial charge in [-0.25, -0.2) is 0 Å². The van der Waals surface area contributed by atoms with Gasteiger partial charge < -0.3 is 19.9 Å². The summed E-state index contributed by atoms with van der Waals surface area (Å²) in [6.45, 7) is 12.8. The van der Waals surface area contributed by atoms with Crippen LogP contribution in [0, 0.1) is 5.92 Å². The van der Waals surface area contributed by atoms with Crippen molar-refractivity contribution in [2.45, 2.75) is 78.9 Å². The molecule has 0 aromatic carbocycles. The molecular weight excluding hydrogens is 340 g/mol. The van der Waals surface area contributed by atoms with E-state index in [2.05, 4.69) is 53.1 Å². The molecule has 0 saturated carbocycles. The van der Waals surface area contributed by atoms with Gasteiger partial charge >= 0.3 is 0 Å². The summed E-state index contributed by atoms with van der Waals surface area (Å²) in [5, 5.41) is 15.5. The Labute approximate surface area is 164 Å². The van der Waals surface area contributed by atoms with Crippen LogP contribution in [-0.4, -0.2) is 53.1 Å². The molecule has 0 spiro atoms. The van der Waals surface area contributed by atoms with Gasteiger partial charge in [0.05, 0.1) is 6.10 Å². The van der Waals surface area contributed by atoms with Crippen molar-refractivity contribution < 1.29 is 4.74 Å². The molecule has 2 N–H and O–H groups in total. The number of ether oxygens (including phenoxy) is 1. The molecule has 0 radical (unpaired) electrons. The molecule has 0 saturated heterocycles. The highest BCUT2D eigenvalue weighted by Gasteiger charge is 2.15. The number of nitrogens with one attached hydrogen (secondary N) is 2. The van der Waals surface area contributed by atoms with Gasteiger partial charge in [-0.15, -0.1) is 10.2 Å². The fourth-order valence-electron chi connectivity index (χ4n) is 3.49. The molecule has 1 atom stereocenters. The second-order valence-corrected chi connectivity index (χ2v) is 7.46. The SMILES string of the molecule is CCNC(=NCCC(OCC)C(C)C)NCCc1nnc2n1CCCCC2. The third-order valence-corrected chi connectivity index (χ3v) is 4.98. The molecule has 7 nitrogen and oxygen atoms in total. The van der Waals surface area contributed by atoms with E-state index in [0.29, 0.717) is 5.92 Å². The van der Waals surface area contributed by atoms with Crippen LogP contribution in [-0.2, 0) is 24.1 Å². The Kier molecular flexibility index (Phi) is 9.59. The van der Waals surface area contributed by atoms with Crippen LogP contribution in [0.5, 0.6) is 0 Å². The fourth-order valence-corrected chi connectivity index (χ4v) is 3.49. The first-order valence-electron chi connectivity index (χ1n) is 10.7. The van der Waals surface area contributed by atoms with Crippen LogP contribution < -0.4 is 10.6 Å². The number of aliphatic imine (C=N–C) groups is 1. The van der Waals surface area contributed by atoms with Crippen LogP contribution in [0.15, 0.2) is 4.99 Å². The second kappa shape index (κ2) is 12.0. The van der Waals surface area contributed by atoms with Gasteiger partial charge in [0.1, 0.15) is 11.6 Å². The Morgan fingerprint density at radius 2 is 2.04 bits per heavy atom. The van der Waals surface area contributed by atoms with E-state index in [1.165, 1.54) is 19.3 Å². The van der Waals surface area contributed by atoms with Gasteiger partial charge in [0, 0.05) is 45.6 Å². The van der Waals surface area contributed by atoms with Crippen molar-refractivity contribution in [1.29, 1.82) is 0 Å². The van der Waals surface area contributed by atoms with Gasteiger partial charge in [-0.3, -0.25) is 4.99 Å². The molecule has 154 valence electrons. The molecule has 1 aromatic rings. The van der Waals surface area contributed by atoms with Crippen molar-refractivity contribution >= 4 is 5.96 Å². The van der Waals surface area contributed by atoms with Crippen LogP contribution in [0.3, 0.4) is 0 Å². The highest BCUT2D eigenvalue weighted by atomic mass is 16.5. The standard InChI is InChI=1S/C20H38N6O/c1-5-21-20(22-13-11-17(16(3)4)27-6-2)23-14-12-19-25-24-18-10-8-7-9-15-26(18)19/h16-17H,5-15H2,1-4H3,(H2,21,22,23). The van der Waals surface area contributed by atoms with Gasteiger partial charge in [0.2, 0.25) is 0 Å². The van der Waals surface area contributed by atoms with Gasteiger partial charge in [-0.05, 0) is 39.0 Å². The number of hydrogen-bond donors (Lipinski definition) is 2. The third kappa shape index (κ3) is 7.13. The topological polar surface area (TPSA) is 76.4 Å². The summed E-state index contributed by atoms with van der Waals surface area (Å²) in [5.74, 6) is 3.62. The van der Waals surface area contributed by atoms with Gasteiger partial charge in [0.25, 0.3) is 0 Å². The highest BCUT2D eigenvalue weighted by molar-refractivity contribution is 5.79. The largest absolute Gasteiger partial charge is 0.378 e. The van der Waals surface area contributed by atoms with Crippen LogP contribution >= 0.6 is 0 Å². The van der Waals surface area contributed by atoms with E-state index in [0.717, 1.165) is 69.7 Å². The maximum Gasteiger partial charge on any atom is 0.191 e. The average Bonchev–Trinajstić information content (AvgIpc) is 2.87. The summed E-state index contributed by atoms with van der Waals surface area (Å²) < 4.78 is 8.12. The van der Waals surface area contributed by atoms with Crippen molar-refractivity contribution in [3.05, 3.63) is 11.6 Å². The molecular formula is C20H38N6O. The quantitative estimate of drug-likeness (QED) is 0.483. The highest BCUT2D eigenvalue weighted by Crippen LogP contribution is 2.14. The van der Waals surface area contributed by atoms with Crippen molar-refractivity contribution in [1.82, 2.24) is 25.4 Å². The van der Waals surface area contributed by atoms with E-state index in [9.17, 15) is 0 Å². The fraction of sp³-hybridized carbons (Fsp3) is 0.850. The number of guanidine groups is 1. The molecule has 7 heteroatoms. The molecule has 0 bridgehead atoms. The lowest BCUT2D eigenvalue weighted by Gasteiger charge is -2.20. The minimum atomic E-state index is 0.271. The summed E-state index contributed by atoms with van der Waals surface area (Å²) in [5.41, 5.74) is 0. The predicted octanol–water partition coefficient (Wildman–Crippen LogP) is 2.55. The summed E-state index contributed by atoms with van der Waals surface area (Å²) in [4.78, 5) is 4.71. The van der Waals surface area contributed by atoms with Gasteiger partial charge in [0.15, 0.2) is 5.96 Å². The van der Waals surface area contributed by atoms with Gasteiger partial charge in [-0.2, -0.15) is 0 Å². The van der Waals surface area contributed by atoms with Crippen molar-refractivity contribution in [2.75, 3.05) is 26.2 Å². The Bertz CT molecular complexity index is 569. The molecule has 2 rings (SSSR count). The first kappa shape index (κ1) is 21.7. The summed E-state index contributed by atoms with van der Waals surface area (Å²) in [7, 11) is 0. The predicted molar refractivity (Wildman–Crippen MR) is 110 cm³/mol. The number of aromatic nitrogens is 3. The number of rotatable bonds is 10. The number of aryl methyl sites for hydroxylation is 1. The number of nitrogens with zero attached hydrogens (tertiary/aromatic N) is 4. The van der Waals surface area contributed by atoms with E-state index >= 15 is 0 Å². The lowest BCUT2D eigenvalue weighted by atomic mass is 10.0. The lowest BCUT2D eigenvalue weighted by molar-refractivity contribution is 0.0266. The Morgan fingerprint density at radius 3 is 2.78 bits per heavy atom. The van der Waals surface area contributed by atoms with E-state index in [-0.39, 0.29) is 6.10 Å². The van der Waals surface area contributed by atoms with Crippen molar-refractivity contribution in [2.24, 2.45) is 10.9 Å². The van der Waals surface area contributed by atoms with Crippen molar-refractivity contribution in [3.63, 3.8) is 0 Å². The third-order valence-electron chi connectivity index (χ3n) is 4.98. The molecule has 1 unspecified atom stereocenters. The molecule has 0 amide bonds. The van der Waals surface area contributed by atoms with Crippen LogP contribution in [0.4, 0.5) is 0 Å². The summed E-state index contributed by atoms with van der Waals surface area (Å²) >= 11 is 0. The second-order valence-electron chi connectivity index (χ2n) is 7.46. The van der Waals surface area contributed by atoms with Crippen LogP contribution in [0.2, 0.25) is 0 Å². The molecule has 0 fully saturated rings. The maximum absolute atomic E-state index is 5.81. The van der Waals surface area contributed by atoms with Gasteiger partial charge in [-0.1, -0.05) is 20.3 Å². The first-order valence-corrected chi connectivity index (χ1v) is 10.7. The minimum Gasteiger partial charge on any atom is -0.378 e. The molecule has 2 heterocycles. The lowest BCUT2D eigenvalue weighted by Crippen LogP contribution is -2.38. The zero-order chi connectivity index (χ0) is 19.5. The normalized spacial score (nSPS) is 16.1. The monoisotopic (exact) mass is 378 g/mol. The van der Waals surface area contributed by atoms with E-state index in [1.54, 1.807) is 0 Å². The summed E-state index contributed by atoms with van der Waals surface area (Å²) in [6, 6.07) is 0.